The van der Waals surface area contributed by atoms with E-state index >= 15 is 0 Å². The zero-order valence-electron chi connectivity index (χ0n) is 12.1. The van der Waals surface area contributed by atoms with E-state index in [9.17, 15) is 0 Å². The van der Waals surface area contributed by atoms with E-state index in [4.69, 9.17) is 0 Å². The summed E-state index contributed by atoms with van der Waals surface area (Å²) in [4.78, 5) is 0. The van der Waals surface area contributed by atoms with Crippen LogP contribution in [0.25, 0.3) is 0 Å². The van der Waals surface area contributed by atoms with Gasteiger partial charge in [0.25, 0.3) is 0 Å². The van der Waals surface area contributed by atoms with Gasteiger partial charge in [-0.2, -0.15) is 0 Å². The van der Waals surface area contributed by atoms with Crippen LogP contribution in [0.5, 0.6) is 0 Å². The van der Waals surface area contributed by atoms with E-state index in [-0.39, 0.29) is 0 Å². The average Bonchev–Trinajstić information content (AvgIpc) is 2.88. The maximum absolute atomic E-state index is 3.71. The van der Waals surface area contributed by atoms with Crippen molar-refractivity contribution in [2.75, 3.05) is 13.1 Å². The predicted molar refractivity (Wildman–Crippen MR) is 75.1 cm³/mol. The highest BCUT2D eigenvalue weighted by molar-refractivity contribution is 5.04. The summed E-state index contributed by atoms with van der Waals surface area (Å²) in [6, 6.07) is 0. The normalized spacial score (nSPS) is 36.9. The van der Waals surface area contributed by atoms with E-state index in [1.54, 1.807) is 6.42 Å². The molecule has 3 unspecified atom stereocenters. The van der Waals surface area contributed by atoms with Crippen LogP contribution in [-0.4, -0.2) is 13.1 Å². The number of hydrogen-bond donors (Lipinski definition) is 1. The molecule has 2 fully saturated rings. The van der Waals surface area contributed by atoms with Crippen LogP contribution in [0.4, 0.5) is 0 Å². The summed E-state index contributed by atoms with van der Waals surface area (Å²) in [5, 5.41) is 3.71. The van der Waals surface area contributed by atoms with Crippen LogP contribution in [0.1, 0.15) is 65.7 Å². The van der Waals surface area contributed by atoms with Crippen LogP contribution in [-0.2, 0) is 0 Å². The maximum atomic E-state index is 3.71. The fraction of sp³-hybridized carbons (Fsp3) is 1.00. The molecule has 0 aromatic carbocycles. The second-order valence-electron chi connectivity index (χ2n) is 6.94. The van der Waals surface area contributed by atoms with E-state index in [0.717, 1.165) is 17.8 Å². The lowest BCUT2D eigenvalue weighted by Crippen LogP contribution is -2.35. The number of nitrogens with one attached hydrogen (secondary N) is 1. The molecule has 0 bridgehead atoms. The van der Waals surface area contributed by atoms with Crippen LogP contribution >= 0.6 is 0 Å². The molecule has 1 heteroatoms. The summed E-state index contributed by atoms with van der Waals surface area (Å²) >= 11 is 0. The van der Waals surface area contributed by atoms with Crippen molar-refractivity contribution < 1.29 is 0 Å². The van der Waals surface area contributed by atoms with Gasteiger partial charge in [0.05, 0.1) is 0 Å². The monoisotopic (exact) mass is 237 g/mol. The van der Waals surface area contributed by atoms with Crippen LogP contribution in [0, 0.1) is 23.2 Å². The SMILES string of the molecule is CCCNCC1(CC(C)CCC)CC2CC2C1. The van der Waals surface area contributed by atoms with Gasteiger partial charge >= 0.3 is 0 Å². The molecular formula is C16H31N. The van der Waals surface area contributed by atoms with Crippen molar-refractivity contribution in [3.05, 3.63) is 0 Å². The topological polar surface area (TPSA) is 12.0 Å². The highest BCUT2D eigenvalue weighted by Crippen LogP contribution is 2.61. The Kier molecular flexibility index (Phi) is 4.52. The number of rotatable bonds is 8. The highest BCUT2D eigenvalue weighted by Gasteiger charge is 2.53. The lowest BCUT2D eigenvalue weighted by Gasteiger charge is -2.34. The second-order valence-corrected chi connectivity index (χ2v) is 6.94. The Bertz CT molecular complexity index is 226. The largest absolute Gasteiger partial charge is 0.316 e. The van der Waals surface area contributed by atoms with Gasteiger partial charge in [-0.3, -0.25) is 0 Å². The molecule has 0 heterocycles. The zero-order chi connectivity index (χ0) is 12.3. The molecule has 2 saturated carbocycles. The van der Waals surface area contributed by atoms with Gasteiger partial charge in [0.1, 0.15) is 0 Å². The van der Waals surface area contributed by atoms with Gasteiger partial charge in [-0.15, -0.1) is 0 Å². The molecule has 100 valence electrons. The Balaban J connectivity index is 1.84. The number of fused-ring (bicyclic) bond motifs is 1. The predicted octanol–water partition coefficient (Wildman–Crippen LogP) is 4.23. The third-order valence-electron chi connectivity index (χ3n) is 4.95. The fourth-order valence-electron chi connectivity index (χ4n) is 4.25. The first-order valence-electron chi connectivity index (χ1n) is 7.90. The summed E-state index contributed by atoms with van der Waals surface area (Å²) in [7, 11) is 0. The van der Waals surface area contributed by atoms with Crippen LogP contribution in [0.15, 0.2) is 0 Å². The Hall–Kier alpha value is -0.0400. The van der Waals surface area contributed by atoms with Gasteiger partial charge in [-0.25, -0.2) is 0 Å². The summed E-state index contributed by atoms with van der Waals surface area (Å²) in [6.45, 7) is 9.56. The molecule has 0 spiro atoms. The van der Waals surface area contributed by atoms with Crippen molar-refractivity contribution in [2.45, 2.75) is 65.7 Å². The first-order chi connectivity index (χ1) is 8.19. The van der Waals surface area contributed by atoms with Crippen molar-refractivity contribution in [1.29, 1.82) is 0 Å². The maximum Gasteiger partial charge on any atom is 0.000811 e. The summed E-state index contributed by atoms with van der Waals surface area (Å²) in [6.07, 6.45) is 10.1. The summed E-state index contributed by atoms with van der Waals surface area (Å²) in [5.74, 6) is 3.17. The summed E-state index contributed by atoms with van der Waals surface area (Å²) < 4.78 is 0. The van der Waals surface area contributed by atoms with E-state index in [2.05, 4.69) is 26.1 Å². The van der Waals surface area contributed by atoms with Crippen LogP contribution in [0.3, 0.4) is 0 Å². The van der Waals surface area contributed by atoms with Gasteiger partial charge in [0.2, 0.25) is 0 Å². The quantitative estimate of drug-likeness (QED) is 0.623. The Morgan fingerprint density at radius 1 is 1.18 bits per heavy atom. The zero-order valence-corrected chi connectivity index (χ0v) is 12.1. The van der Waals surface area contributed by atoms with E-state index in [0.29, 0.717) is 5.41 Å². The molecule has 0 aliphatic heterocycles. The van der Waals surface area contributed by atoms with Crippen molar-refractivity contribution >= 4 is 0 Å². The number of hydrogen-bond acceptors (Lipinski definition) is 1. The molecule has 2 aliphatic rings. The van der Waals surface area contributed by atoms with Crippen molar-refractivity contribution in [2.24, 2.45) is 23.2 Å². The van der Waals surface area contributed by atoms with Crippen molar-refractivity contribution in [3.63, 3.8) is 0 Å². The molecule has 0 saturated heterocycles. The molecule has 1 N–H and O–H groups in total. The fourth-order valence-corrected chi connectivity index (χ4v) is 4.25. The van der Waals surface area contributed by atoms with Crippen molar-refractivity contribution in [3.8, 4) is 0 Å². The standard InChI is InChI=1S/C16H31N/c1-4-6-13(3)9-16(12-17-7-5-2)10-14-8-15(14)11-16/h13-15,17H,4-12H2,1-3H3. The molecule has 3 atom stereocenters. The third kappa shape index (κ3) is 3.47. The Morgan fingerprint density at radius 2 is 1.88 bits per heavy atom. The molecule has 2 rings (SSSR count). The average molecular weight is 237 g/mol. The smallest absolute Gasteiger partial charge is 0.000811 e. The lowest BCUT2D eigenvalue weighted by molar-refractivity contribution is 0.190. The minimum Gasteiger partial charge on any atom is -0.316 e. The second kappa shape index (κ2) is 5.73. The molecule has 17 heavy (non-hydrogen) atoms. The Morgan fingerprint density at radius 3 is 2.47 bits per heavy atom. The first-order valence-corrected chi connectivity index (χ1v) is 7.90. The Labute approximate surface area is 108 Å². The molecular weight excluding hydrogens is 206 g/mol. The van der Waals surface area contributed by atoms with E-state index in [1.807, 2.05) is 0 Å². The molecule has 1 nitrogen and oxygen atoms in total. The van der Waals surface area contributed by atoms with Crippen LogP contribution in [0.2, 0.25) is 0 Å². The van der Waals surface area contributed by atoms with E-state index < -0.39 is 0 Å². The minimum absolute atomic E-state index is 0.678. The van der Waals surface area contributed by atoms with Gasteiger partial charge in [0.15, 0.2) is 0 Å². The summed E-state index contributed by atoms with van der Waals surface area (Å²) in [5.41, 5.74) is 0.678. The molecule has 0 radical (unpaired) electrons. The van der Waals surface area contributed by atoms with Crippen molar-refractivity contribution in [1.82, 2.24) is 5.32 Å². The minimum atomic E-state index is 0.678. The van der Waals surface area contributed by atoms with E-state index in [1.165, 1.54) is 51.6 Å². The van der Waals surface area contributed by atoms with Gasteiger partial charge in [-0.1, -0.05) is 33.6 Å². The molecule has 0 aromatic rings. The highest BCUT2D eigenvalue weighted by atomic mass is 14.9. The lowest BCUT2D eigenvalue weighted by atomic mass is 9.75. The van der Waals surface area contributed by atoms with Gasteiger partial charge in [-0.05, 0) is 61.8 Å². The molecule has 0 amide bonds. The van der Waals surface area contributed by atoms with Gasteiger partial charge in [0, 0.05) is 6.54 Å². The van der Waals surface area contributed by atoms with Crippen LogP contribution < -0.4 is 5.32 Å². The molecule has 0 aromatic heterocycles. The first kappa shape index (κ1) is 13.4. The third-order valence-corrected chi connectivity index (χ3v) is 4.95. The molecule has 2 aliphatic carbocycles. The van der Waals surface area contributed by atoms with Gasteiger partial charge < -0.3 is 5.32 Å².